The predicted molar refractivity (Wildman–Crippen MR) is 86.2 cm³/mol. The minimum absolute atomic E-state index is 0.00917. The molecule has 11 heteroatoms. The Balaban J connectivity index is 1.67. The standard InChI is InChI=1S/C15H13F3N4O3S/c16-9-1-2-10(14(18)13(9)17)20-12-4-3-11(21-22-12)15(23)19-8-5-6-26(24,25)7-8/h1-4,8H,5-7H2,(H,19,23)(H,20,22). The zero-order chi connectivity index (χ0) is 18.9. The molecular weight excluding hydrogens is 373 g/mol. The van der Waals surface area contributed by atoms with Crippen molar-refractivity contribution < 1.29 is 26.4 Å². The first-order valence-electron chi connectivity index (χ1n) is 7.51. The second-order valence-corrected chi connectivity index (χ2v) is 7.95. The van der Waals surface area contributed by atoms with Crippen LogP contribution in [-0.2, 0) is 9.84 Å². The molecule has 0 saturated carbocycles. The lowest BCUT2D eigenvalue weighted by molar-refractivity contribution is 0.0935. The molecule has 2 N–H and O–H groups in total. The number of aromatic nitrogens is 2. The summed E-state index contributed by atoms with van der Waals surface area (Å²) in [4.78, 5) is 12.0. The Kier molecular flexibility index (Phi) is 4.81. The highest BCUT2D eigenvalue weighted by Gasteiger charge is 2.29. The Morgan fingerprint density at radius 1 is 1.08 bits per heavy atom. The molecule has 0 spiro atoms. The first-order valence-corrected chi connectivity index (χ1v) is 9.33. The molecule has 1 aliphatic rings. The van der Waals surface area contributed by atoms with Crippen LogP contribution in [0.15, 0.2) is 24.3 Å². The quantitative estimate of drug-likeness (QED) is 0.774. The molecule has 1 amide bonds. The fourth-order valence-electron chi connectivity index (χ4n) is 2.45. The van der Waals surface area contributed by atoms with Crippen molar-refractivity contribution in [3.05, 3.63) is 47.4 Å². The maximum Gasteiger partial charge on any atom is 0.272 e. The van der Waals surface area contributed by atoms with Crippen molar-refractivity contribution in [1.29, 1.82) is 0 Å². The lowest BCUT2D eigenvalue weighted by Gasteiger charge is -2.10. The monoisotopic (exact) mass is 386 g/mol. The van der Waals surface area contributed by atoms with E-state index >= 15 is 0 Å². The number of anilines is 2. The van der Waals surface area contributed by atoms with E-state index in [2.05, 4.69) is 20.8 Å². The molecule has 0 bridgehead atoms. The van der Waals surface area contributed by atoms with E-state index in [1.165, 1.54) is 12.1 Å². The van der Waals surface area contributed by atoms with Gasteiger partial charge in [0.2, 0.25) is 0 Å². The van der Waals surface area contributed by atoms with Crippen LogP contribution in [0.1, 0.15) is 16.9 Å². The van der Waals surface area contributed by atoms with Crippen molar-refractivity contribution in [1.82, 2.24) is 15.5 Å². The SMILES string of the molecule is O=C(NC1CCS(=O)(=O)C1)c1ccc(Nc2ccc(F)c(F)c2F)nn1. The van der Waals surface area contributed by atoms with Crippen LogP contribution in [0.3, 0.4) is 0 Å². The van der Waals surface area contributed by atoms with Gasteiger partial charge < -0.3 is 10.6 Å². The van der Waals surface area contributed by atoms with Gasteiger partial charge in [0.25, 0.3) is 5.91 Å². The minimum Gasteiger partial charge on any atom is -0.347 e. The third-order valence-corrected chi connectivity index (χ3v) is 5.53. The molecule has 26 heavy (non-hydrogen) atoms. The number of hydrogen-bond acceptors (Lipinski definition) is 6. The smallest absolute Gasteiger partial charge is 0.272 e. The van der Waals surface area contributed by atoms with Gasteiger partial charge in [-0.05, 0) is 30.7 Å². The Morgan fingerprint density at radius 3 is 2.46 bits per heavy atom. The molecule has 2 heterocycles. The van der Waals surface area contributed by atoms with Crippen LogP contribution in [0.25, 0.3) is 0 Å². The molecule has 7 nitrogen and oxygen atoms in total. The van der Waals surface area contributed by atoms with Crippen molar-refractivity contribution in [3.8, 4) is 0 Å². The van der Waals surface area contributed by atoms with Gasteiger partial charge in [0.05, 0.1) is 17.2 Å². The number of carbonyl (C=O) groups is 1. The molecule has 0 radical (unpaired) electrons. The molecule has 2 aromatic rings. The van der Waals surface area contributed by atoms with Crippen LogP contribution in [0, 0.1) is 17.5 Å². The summed E-state index contributed by atoms with van der Waals surface area (Å²) in [5.74, 6) is -5.03. The zero-order valence-electron chi connectivity index (χ0n) is 13.2. The van der Waals surface area contributed by atoms with Gasteiger partial charge in [0.15, 0.2) is 38.8 Å². The fourth-order valence-corrected chi connectivity index (χ4v) is 4.12. The lowest BCUT2D eigenvalue weighted by atomic mass is 10.2. The summed E-state index contributed by atoms with van der Waals surface area (Å²) in [7, 11) is -3.13. The molecule has 1 unspecified atom stereocenters. The fraction of sp³-hybridized carbons (Fsp3) is 0.267. The van der Waals surface area contributed by atoms with Crippen LogP contribution in [0.4, 0.5) is 24.7 Å². The number of sulfone groups is 1. The summed E-state index contributed by atoms with van der Waals surface area (Å²) < 4.78 is 62.5. The van der Waals surface area contributed by atoms with Crippen molar-refractivity contribution in [2.75, 3.05) is 16.8 Å². The Bertz CT molecular complexity index is 951. The van der Waals surface area contributed by atoms with E-state index in [1.807, 2.05) is 0 Å². The third kappa shape index (κ3) is 3.93. The van der Waals surface area contributed by atoms with E-state index in [0.29, 0.717) is 6.42 Å². The summed E-state index contributed by atoms with van der Waals surface area (Å²) in [6.07, 6.45) is 0.330. The molecule has 3 rings (SSSR count). The first kappa shape index (κ1) is 18.1. The van der Waals surface area contributed by atoms with Gasteiger partial charge in [-0.2, -0.15) is 0 Å². The Morgan fingerprint density at radius 2 is 1.85 bits per heavy atom. The van der Waals surface area contributed by atoms with Gasteiger partial charge in [-0.1, -0.05) is 0 Å². The highest BCUT2D eigenvalue weighted by Crippen LogP contribution is 2.22. The molecule has 1 fully saturated rings. The molecule has 138 valence electrons. The Hall–Kier alpha value is -2.69. The van der Waals surface area contributed by atoms with Crippen molar-refractivity contribution in [2.24, 2.45) is 0 Å². The van der Waals surface area contributed by atoms with Crippen LogP contribution < -0.4 is 10.6 Å². The highest BCUT2D eigenvalue weighted by atomic mass is 32.2. The minimum atomic E-state index is -3.13. The van der Waals surface area contributed by atoms with Crippen molar-refractivity contribution >= 4 is 27.2 Å². The van der Waals surface area contributed by atoms with Crippen LogP contribution in [0.5, 0.6) is 0 Å². The highest BCUT2D eigenvalue weighted by molar-refractivity contribution is 7.91. The van der Waals surface area contributed by atoms with Gasteiger partial charge in [-0.3, -0.25) is 4.79 Å². The number of hydrogen-bond donors (Lipinski definition) is 2. The zero-order valence-corrected chi connectivity index (χ0v) is 14.0. The third-order valence-electron chi connectivity index (χ3n) is 3.76. The number of amides is 1. The topological polar surface area (TPSA) is 101 Å². The lowest BCUT2D eigenvalue weighted by Crippen LogP contribution is -2.36. The van der Waals surface area contributed by atoms with Gasteiger partial charge in [0.1, 0.15) is 0 Å². The van der Waals surface area contributed by atoms with E-state index in [-0.39, 0.29) is 28.7 Å². The number of benzene rings is 1. The van der Waals surface area contributed by atoms with Gasteiger partial charge in [-0.15, -0.1) is 10.2 Å². The van der Waals surface area contributed by atoms with Gasteiger partial charge >= 0.3 is 0 Å². The summed E-state index contributed by atoms with van der Waals surface area (Å²) in [6.45, 7) is 0. The van der Waals surface area contributed by atoms with E-state index < -0.39 is 39.2 Å². The van der Waals surface area contributed by atoms with Crippen LogP contribution in [0.2, 0.25) is 0 Å². The van der Waals surface area contributed by atoms with Crippen molar-refractivity contribution in [3.63, 3.8) is 0 Å². The van der Waals surface area contributed by atoms with E-state index in [0.717, 1.165) is 12.1 Å². The summed E-state index contributed by atoms with van der Waals surface area (Å²) in [5, 5.41) is 12.3. The summed E-state index contributed by atoms with van der Waals surface area (Å²) in [6, 6.07) is 3.85. The summed E-state index contributed by atoms with van der Waals surface area (Å²) in [5.41, 5.74) is -0.405. The first-order chi connectivity index (χ1) is 12.2. The number of nitrogens with zero attached hydrogens (tertiary/aromatic N) is 2. The average molecular weight is 386 g/mol. The number of rotatable bonds is 4. The normalized spacial score (nSPS) is 18.5. The Labute approximate surface area is 146 Å². The predicted octanol–water partition coefficient (Wildman–Crippen LogP) is 1.55. The molecule has 0 aliphatic carbocycles. The van der Waals surface area contributed by atoms with E-state index in [1.54, 1.807) is 0 Å². The molecule has 1 aromatic heterocycles. The average Bonchev–Trinajstić information content (AvgIpc) is 2.94. The molecular formula is C15H13F3N4O3S. The second kappa shape index (κ2) is 6.90. The van der Waals surface area contributed by atoms with Crippen LogP contribution in [-0.4, -0.2) is 42.1 Å². The van der Waals surface area contributed by atoms with E-state index in [9.17, 15) is 26.4 Å². The van der Waals surface area contributed by atoms with Crippen LogP contribution >= 0.6 is 0 Å². The molecule has 1 atom stereocenters. The maximum absolute atomic E-state index is 13.6. The number of nitrogens with one attached hydrogen (secondary N) is 2. The second-order valence-electron chi connectivity index (χ2n) is 5.73. The number of carbonyl (C=O) groups excluding carboxylic acids is 1. The van der Waals surface area contributed by atoms with Crippen molar-refractivity contribution in [2.45, 2.75) is 12.5 Å². The molecule has 1 saturated heterocycles. The largest absolute Gasteiger partial charge is 0.347 e. The maximum atomic E-state index is 13.6. The van der Waals surface area contributed by atoms with Gasteiger partial charge in [-0.25, -0.2) is 21.6 Å². The number of halogens is 3. The summed E-state index contributed by atoms with van der Waals surface area (Å²) >= 11 is 0. The van der Waals surface area contributed by atoms with Gasteiger partial charge in [0, 0.05) is 6.04 Å². The molecule has 1 aliphatic heterocycles. The molecule has 1 aromatic carbocycles. The van der Waals surface area contributed by atoms with E-state index in [4.69, 9.17) is 0 Å².